The Balaban J connectivity index is 2.08. The summed E-state index contributed by atoms with van der Waals surface area (Å²) in [5.41, 5.74) is 6.62. The van der Waals surface area contributed by atoms with E-state index in [-0.39, 0.29) is 0 Å². The van der Waals surface area contributed by atoms with E-state index in [0.29, 0.717) is 11.6 Å². The van der Waals surface area contributed by atoms with E-state index in [9.17, 15) is 0 Å². The van der Waals surface area contributed by atoms with Gasteiger partial charge < -0.3 is 5.73 Å². The Morgan fingerprint density at radius 2 is 1.80 bits per heavy atom. The molecule has 0 spiro atoms. The topological polar surface area (TPSA) is 29.3 Å². The van der Waals surface area contributed by atoms with E-state index in [1.165, 1.54) is 51.5 Å². The van der Waals surface area contributed by atoms with Gasteiger partial charge in [-0.2, -0.15) is 0 Å². The molecule has 0 radical (unpaired) electrons. The number of hydrogen-bond acceptors (Lipinski definition) is 2. The van der Waals surface area contributed by atoms with Crippen molar-refractivity contribution < 1.29 is 0 Å². The minimum Gasteiger partial charge on any atom is -0.329 e. The van der Waals surface area contributed by atoms with Crippen molar-refractivity contribution in [2.45, 2.75) is 84.2 Å². The predicted octanol–water partition coefficient (Wildman–Crippen LogP) is 4.04. The average molecular weight is 280 g/mol. The molecule has 2 unspecified atom stereocenters. The molecule has 2 fully saturated rings. The normalized spacial score (nSPS) is 31.5. The molecule has 0 amide bonds. The lowest BCUT2D eigenvalue weighted by Crippen LogP contribution is -2.59. The molecule has 2 N–H and O–H groups in total. The summed E-state index contributed by atoms with van der Waals surface area (Å²) in [5.74, 6) is 2.68. The number of hydrogen-bond donors (Lipinski definition) is 1. The van der Waals surface area contributed by atoms with Crippen LogP contribution in [-0.4, -0.2) is 29.6 Å². The highest BCUT2D eigenvalue weighted by atomic mass is 15.2. The molecule has 2 aliphatic rings. The molecular formula is C18H36N2. The van der Waals surface area contributed by atoms with Gasteiger partial charge in [-0.1, -0.05) is 26.7 Å². The molecule has 2 atom stereocenters. The van der Waals surface area contributed by atoms with Gasteiger partial charge in [0.2, 0.25) is 0 Å². The number of rotatable bonds is 7. The molecule has 20 heavy (non-hydrogen) atoms. The minimum atomic E-state index is 0.300. The lowest BCUT2D eigenvalue weighted by atomic mass is 9.71. The maximum absolute atomic E-state index is 6.32. The van der Waals surface area contributed by atoms with Gasteiger partial charge in [0.25, 0.3) is 0 Å². The van der Waals surface area contributed by atoms with Crippen LogP contribution in [0.25, 0.3) is 0 Å². The summed E-state index contributed by atoms with van der Waals surface area (Å²) in [5, 5.41) is 0. The summed E-state index contributed by atoms with van der Waals surface area (Å²) in [6.45, 7) is 11.6. The zero-order valence-corrected chi connectivity index (χ0v) is 14.2. The van der Waals surface area contributed by atoms with Gasteiger partial charge in [-0.15, -0.1) is 0 Å². The molecular weight excluding hydrogens is 244 g/mol. The predicted molar refractivity (Wildman–Crippen MR) is 87.8 cm³/mol. The first-order chi connectivity index (χ1) is 9.47. The van der Waals surface area contributed by atoms with Crippen LogP contribution in [0.2, 0.25) is 0 Å². The van der Waals surface area contributed by atoms with Crippen LogP contribution in [0.1, 0.15) is 72.6 Å². The van der Waals surface area contributed by atoms with Gasteiger partial charge in [0, 0.05) is 24.7 Å². The summed E-state index contributed by atoms with van der Waals surface area (Å²) in [6, 6.07) is 0.636. The molecule has 2 nitrogen and oxygen atoms in total. The smallest absolute Gasteiger partial charge is 0.0337 e. The molecule has 2 aliphatic carbocycles. The molecule has 0 bridgehead atoms. The summed E-state index contributed by atoms with van der Waals surface area (Å²) >= 11 is 0. The standard InChI is InChI=1S/C18H36N2/c1-14(2)10-17-6-5-9-18(11-17,13-19)20(15(3)4)12-16-7-8-16/h14-17H,5-13,19H2,1-4H3. The third-order valence-corrected chi connectivity index (χ3v) is 5.49. The van der Waals surface area contributed by atoms with Crippen LogP contribution < -0.4 is 5.73 Å². The first-order valence-electron chi connectivity index (χ1n) is 8.93. The summed E-state index contributed by atoms with van der Waals surface area (Å²) in [7, 11) is 0. The highest BCUT2D eigenvalue weighted by Crippen LogP contribution is 2.42. The first-order valence-corrected chi connectivity index (χ1v) is 8.93. The highest BCUT2D eigenvalue weighted by molar-refractivity contribution is 4.99. The van der Waals surface area contributed by atoms with E-state index >= 15 is 0 Å². The molecule has 118 valence electrons. The van der Waals surface area contributed by atoms with Crippen molar-refractivity contribution in [2.75, 3.05) is 13.1 Å². The second kappa shape index (κ2) is 6.79. The Hall–Kier alpha value is -0.0800. The third-order valence-electron chi connectivity index (χ3n) is 5.49. The second-order valence-electron chi connectivity index (χ2n) is 8.21. The van der Waals surface area contributed by atoms with Gasteiger partial charge in [-0.25, -0.2) is 0 Å². The van der Waals surface area contributed by atoms with Crippen molar-refractivity contribution in [3.05, 3.63) is 0 Å². The van der Waals surface area contributed by atoms with Crippen LogP contribution in [-0.2, 0) is 0 Å². The second-order valence-corrected chi connectivity index (χ2v) is 8.21. The fourth-order valence-electron chi connectivity index (χ4n) is 4.42. The molecule has 0 aromatic carbocycles. The van der Waals surface area contributed by atoms with Crippen molar-refractivity contribution in [1.82, 2.24) is 4.90 Å². The molecule has 2 saturated carbocycles. The average Bonchev–Trinajstić information content (AvgIpc) is 3.19. The van der Waals surface area contributed by atoms with Crippen LogP contribution in [0.15, 0.2) is 0 Å². The van der Waals surface area contributed by atoms with Gasteiger partial charge >= 0.3 is 0 Å². The van der Waals surface area contributed by atoms with Crippen molar-refractivity contribution in [3.8, 4) is 0 Å². The summed E-state index contributed by atoms with van der Waals surface area (Å²) in [6.07, 6.45) is 9.74. The summed E-state index contributed by atoms with van der Waals surface area (Å²) < 4.78 is 0. The van der Waals surface area contributed by atoms with Crippen molar-refractivity contribution in [2.24, 2.45) is 23.5 Å². The Labute approximate surface area is 126 Å². The lowest BCUT2D eigenvalue weighted by Gasteiger charge is -2.50. The third kappa shape index (κ3) is 3.98. The Bertz CT molecular complexity index is 296. The van der Waals surface area contributed by atoms with Gasteiger partial charge in [0.1, 0.15) is 0 Å². The Kier molecular flexibility index (Phi) is 5.53. The molecule has 0 saturated heterocycles. The van der Waals surface area contributed by atoms with Crippen molar-refractivity contribution in [3.63, 3.8) is 0 Å². The van der Waals surface area contributed by atoms with E-state index in [1.807, 2.05) is 0 Å². The lowest BCUT2D eigenvalue weighted by molar-refractivity contribution is 0.00494. The quantitative estimate of drug-likeness (QED) is 0.762. The Morgan fingerprint density at radius 1 is 1.10 bits per heavy atom. The SMILES string of the molecule is CC(C)CC1CCCC(CN)(N(CC2CC2)C(C)C)C1. The van der Waals surface area contributed by atoms with Crippen LogP contribution in [0.3, 0.4) is 0 Å². The van der Waals surface area contributed by atoms with E-state index in [2.05, 4.69) is 32.6 Å². The fraction of sp³-hybridized carbons (Fsp3) is 1.00. The van der Waals surface area contributed by atoms with Gasteiger partial charge in [-0.3, -0.25) is 4.90 Å². The largest absolute Gasteiger partial charge is 0.329 e. The molecule has 0 aliphatic heterocycles. The van der Waals surface area contributed by atoms with E-state index in [4.69, 9.17) is 5.73 Å². The van der Waals surface area contributed by atoms with E-state index in [1.54, 1.807) is 0 Å². The maximum Gasteiger partial charge on any atom is 0.0337 e. The zero-order valence-electron chi connectivity index (χ0n) is 14.2. The first kappa shape index (κ1) is 16.3. The monoisotopic (exact) mass is 280 g/mol. The van der Waals surface area contributed by atoms with Gasteiger partial charge in [0.05, 0.1) is 0 Å². The highest BCUT2D eigenvalue weighted by Gasteiger charge is 2.43. The molecule has 0 aromatic rings. The van der Waals surface area contributed by atoms with Gasteiger partial charge in [-0.05, 0) is 63.7 Å². The Morgan fingerprint density at radius 3 is 2.30 bits per heavy atom. The molecule has 2 rings (SSSR count). The van der Waals surface area contributed by atoms with Crippen molar-refractivity contribution >= 4 is 0 Å². The zero-order chi connectivity index (χ0) is 14.8. The number of nitrogens with zero attached hydrogens (tertiary/aromatic N) is 1. The van der Waals surface area contributed by atoms with E-state index in [0.717, 1.165) is 24.3 Å². The number of nitrogens with two attached hydrogens (primary N) is 1. The van der Waals surface area contributed by atoms with Crippen LogP contribution >= 0.6 is 0 Å². The van der Waals surface area contributed by atoms with Crippen LogP contribution in [0.4, 0.5) is 0 Å². The molecule has 0 heterocycles. The maximum atomic E-state index is 6.32. The fourth-order valence-corrected chi connectivity index (χ4v) is 4.42. The summed E-state index contributed by atoms with van der Waals surface area (Å²) in [4.78, 5) is 2.79. The van der Waals surface area contributed by atoms with E-state index < -0.39 is 0 Å². The van der Waals surface area contributed by atoms with Gasteiger partial charge in [0.15, 0.2) is 0 Å². The van der Waals surface area contributed by atoms with Crippen molar-refractivity contribution in [1.29, 1.82) is 0 Å². The molecule has 2 heteroatoms. The molecule has 0 aromatic heterocycles. The minimum absolute atomic E-state index is 0.300. The van der Waals surface area contributed by atoms with Crippen LogP contribution in [0, 0.1) is 17.8 Å². The van der Waals surface area contributed by atoms with Crippen LogP contribution in [0.5, 0.6) is 0 Å².